The molecule has 3 nitrogen and oxygen atoms in total. The van der Waals surface area contributed by atoms with Gasteiger partial charge in [-0.3, -0.25) is 0 Å². The maximum absolute atomic E-state index is 12.1. The SMILES string of the molecule is CCN(C(=O)NC(C)(C)C)C1CCCCC1. The Morgan fingerprint density at radius 3 is 2.25 bits per heavy atom. The van der Waals surface area contributed by atoms with Crippen LogP contribution in [0.3, 0.4) is 0 Å². The van der Waals surface area contributed by atoms with Crippen molar-refractivity contribution >= 4 is 6.03 Å². The van der Waals surface area contributed by atoms with Gasteiger partial charge in [-0.1, -0.05) is 19.3 Å². The summed E-state index contributed by atoms with van der Waals surface area (Å²) in [7, 11) is 0. The number of hydrogen-bond acceptors (Lipinski definition) is 1. The molecule has 0 heterocycles. The van der Waals surface area contributed by atoms with Gasteiger partial charge in [-0.05, 0) is 40.5 Å². The molecule has 94 valence electrons. The van der Waals surface area contributed by atoms with E-state index in [4.69, 9.17) is 0 Å². The number of carbonyl (C=O) groups is 1. The highest BCUT2D eigenvalue weighted by Gasteiger charge is 2.26. The third-order valence-corrected chi connectivity index (χ3v) is 3.10. The van der Waals surface area contributed by atoms with E-state index in [9.17, 15) is 4.79 Å². The molecule has 0 aliphatic heterocycles. The Morgan fingerprint density at radius 2 is 1.81 bits per heavy atom. The normalized spacial score (nSPS) is 18.2. The van der Waals surface area contributed by atoms with Gasteiger partial charge in [-0.2, -0.15) is 0 Å². The number of carbonyl (C=O) groups excluding carboxylic acids is 1. The average molecular weight is 226 g/mol. The largest absolute Gasteiger partial charge is 0.333 e. The molecule has 1 aliphatic carbocycles. The smallest absolute Gasteiger partial charge is 0.318 e. The third kappa shape index (κ3) is 4.03. The summed E-state index contributed by atoms with van der Waals surface area (Å²) < 4.78 is 0. The fourth-order valence-corrected chi connectivity index (χ4v) is 2.35. The highest BCUT2D eigenvalue weighted by atomic mass is 16.2. The van der Waals surface area contributed by atoms with Gasteiger partial charge in [-0.25, -0.2) is 4.79 Å². The van der Waals surface area contributed by atoms with E-state index in [-0.39, 0.29) is 11.6 Å². The molecule has 0 radical (unpaired) electrons. The summed E-state index contributed by atoms with van der Waals surface area (Å²) in [5, 5.41) is 3.05. The third-order valence-electron chi connectivity index (χ3n) is 3.10. The van der Waals surface area contributed by atoms with Crippen LogP contribution in [-0.2, 0) is 0 Å². The zero-order valence-electron chi connectivity index (χ0n) is 11.2. The lowest BCUT2D eigenvalue weighted by atomic mass is 9.94. The Hall–Kier alpha value is -0.730. The molecule has 3 heteroatoms. The van der Waals surface area contributed by atoms with Gasteiger partial charge in [0, 0.05) is 18.1 Å². The zero-order valence-corrected chi connectivity index (χ0v) is 11.2. The first-order valence-corrected chi connectivity index (χ1v) is 6.53. The molecule has 0 atom stereocenters. The van der Waals surface area contributed by atoms with Crippen LogP contribution in [0.4, 0.5) is 4.79 Å². The quantitative estimate of drug-likeness (QED) is 0.770. The Bertz CT molecular complexity index is 227. The summed E-state index contributed by atoms with van der Waals surface area (Å²) in [4.78, 5) is 14.1. The van der Waals surface area contributed by atoms with Crippen LogP contribution in [0.15, 0.2) is 0 Å². The highest BCUT2D eigenvalue weighted by Crippen LogP contribution is 2.22. The van der Waals surface area contributed by atoms with Gasteiger partial charge in [0.1, 0.15) is 0 Å². The summed E-state index contributed by atoms with van der Waals surface area (Å²) in [5.74, 6) is 0. The van der Waals surface area contributed by atoms with Crippen molar-refractivity contribution in [3.05, 3.63) is 0 Å². The van der Waals surface area contributed by atoms with Gasteiger partial charge in [-0.15, -0.1) is 0 Å². The summed E-state index contributed by atoms with van der Waals surface area (Å²) in [6.07, 6.45) is 6.21. The van der Waals surface area contributed by atoms with Crippen LogP contribution in [-0.4, -0.2) is 29.1 Å². The molecule has 1 saturated carbocycles. The minimum atomic E-state index is -0.140. The Kier molecular flexibility index (Phi) is 4.63. The number of nitrogens with zero attached hydrogens (tertiary/aromatic N) is 1. The number of amides is 2. The van der Waals surface area contributed by atoms with Crippen molar-refractivity contribution in [3.8, 4) is 0 Å². The second kappa shape index (κ2) is 5.55. The standard InChI is InChI=1S/C13H26N2O/c1-5-15(11-9-7-6-8-10-11)12(16)14-13(2,3)4/h11H,5-10H2,1-4H3,(H,14,16). The molecule has 0 saturated heterocycles. The van der Waals surface area contributed by atoms with Gasteiger partial charge in [0.2, 0.25) is 0 Å². The van der Waals surface area contributed by atoms with Gasteiger partial charge < -0.3 is 10.2 Å². The topological polar surface area (TPSA) is 32.3 Å². The first kappa shape index (κ1) is 13.3. The summed E-state index contributed by atoms with van der Waals surface area (Å²) in [5.41, 5.74) is -0.140. The lowest BCUT2D eigenvalue weighted by Crippen LogP contribution is -2.52. The fourth-order valence-electron chi connectivity index (χ4n) is 2.35. The van der Waals surface area contributed by atoms with Crippen molar-refractivity contribution in [1.82, 2.24) is 10.2 Å². The molecule has 1 N–H and O–H groups in total. The summed E-state index contributed by atoms with van der Waals surface area (Å²) >= 11 is 0. The molecule has 16 heavy (non-hydrogen) atoms. The second-order valence-electron chi connectivity index (χ2n) is 5.76. The van der Waals surface area contributed by atoms with Crippen molar-refractivity contribution in [3.63, 3.8) is 0 Å². The van der Waals surface area contributed by atoms with E-state index >= 15 is 0 Å². The number of hydrogen-bond donors (Lipinski definition) is 1. The molecule has 2 amide bonds. The molecule has 0 unspecified atom stereocenters. The Balaban J connectivity index is 2.55. The van der Waals surface area contributed by atoms with Gasteiger partial charge in [0.15, 0.2) is 0 Å². The molecule has 0 aromatic carbocycles. The second-order valence-corrected chi connectivity index (χ2v) is 5.76. The maximum Gasteiger partial charge on any atom is 0.318 e. The van der Waals surface area contributed by atoms with E-state index in [0.717, 1.165) is 6.54 Å². The van der Waals surface area contributed by atoms with E-state index in [1.807, 2.05) is 25.7 Å². The first-order valence-electron chi connectivity index (χ1n) is 6.53. The van der Waals surface area contributed by atoms with Crippen molar-refractivity contribution < 1.29 is 4.79 Å². The molecule has 1 rings (SSSR count). The first-order chi connectivity index (χ1) is 7.44. The van der Waals surface area contributed by atoms with Crippen LogP contribution in [0, 0.1) is 0 Å². The van der Waals surface area contributed by atoms with Crippen LogP contribution in [0.2, 0.25) is 0 Å². The van der Waals surface area contributed by atoms with E-state index in [1.165, 1.54) is 32.1 Å². The predicted molar refractivity (Wildman–Crippen MR) is 67.5 cm³/mol. The van der Waals surface area contributed by atoms with Crippen LogP contribution < -0.4 is 5.32 Å². The molecular formula is C13H26N2O. The average Bonchev–Trinajstić information content (AvgIpc) is 2.17. The van der Waals surface area contributed by atoms with Gasteiger partial charge in [0.25, 0.3) is 0 Å². The van der Waals surface area contributed by atoms with E-state index < -0.39 is 0 Å². The molecule has 1 fully saturated rings. The minimum Gasteiger partial charge on any atom is -0.333 e. The number of urea groups is 1. The van der Waals surface area contributed by atoms with Crippen molar-refractivity contribution in [2.75, 3.05) is 6.54 Å². The van der Waals surface area contributed by atoms with E-state index in [2.05, 4.69) is 12.2 Å². The molecule has 0 aromatic rings. The summed E-state index contributed by atoms with van der Waals surface area (Å²) in [6, 6.07) is 0.558. The zero-order chi connectivity index (χ0) is 12.2. The minimum absolute atomic E-state index is 0.0990. The molecule has 0 spiro atoms. The number of nitrogens with one attached hydrogen (secondary N) is 1. The molecule has 1 aliphatic rings. The predicted octanol–water partition coefficient (Wildman–Crippen LogP) is 3.15. The van der Waals surface area contributed by atoms with Gasteiger partial charge in [0.05, 0.1) is 0 Å². The molecule has 0 bridgehead atoms. The van der Waals surface area contributed by atoms with Crippen LogP contribution in [0.1, 0.15) is 59.8 Å². The van der Waals surface area contributed by atoms with E-state index in [1.54, 1.807) is 0 Å². The van der Waals surface area contributed by atoms with Crippen LogP contribution in [0.5, 0.6) is 0 Å². The highest BCUT2D eigenvalue weighted by molar-refractivity contribution is 5.75. The summed E-state index contributed by atoms with van der Waals surface area (Å²) in [6.45, 7) is 8.96. The monoisotopic (exact) mass is 226 g/mol. The lowest BCUT2D eigenvalue weighted by Gasteiger charge is -2.35. The lowest BCUT2D eigenvalue weighted by molar-refractivity contribution is 0.152. The van der Waals surface area contributed by atoms with Crippen molar-refractivity contribution in [2.45, 2.75) is 71.4 Å². The fraction of sp³-hybridized carbons (Fsp3) is 0.923. The van der Waals surface area contributed by atoms with Crippen LogP contribution >= 0.6 is 0 Å². The molecule has 0 aromatic heterocycles. The van der Waals surface area contributed by atoms with Crippen molar-refractivity contribution in [1.29, 1.82) is 0 Å². The number of rotatable bonds is 2. The van der Waals surface area contributed by atoms with E-state index in [0.29, 0.717) is 6.04 Å². The Morgan fingerprint density at radius 1 is 1.25 bits per heavy atom. The van der Waals surface area contributed by atoms with Crippen molar-refractivity contribution in [2.24, 2.45) is 0 Å². The maximum atomic E-state index is 12.1. The Labute approximate surface area is 99.6 Å². The molecular weight excluding hydrogens is 200 g/mol. The van der Waals surface area contributed by atoms with Gasteiger partial charge >= 0.3 is 6.03 Å². The van der Waals surface area contributed by atoms with Crippen LogP contribution in [0.25, 0.3) is 0 Å².